The highest BCUT2D eigenvalue weighted by atomic mass is 16.6. The Morgan fingerprint density at radius 2 is 1.96 bits per heavy atom. The van der Waals surface area contributed by atoms with Gasteiger partial charge in [-0.05, 0) is 30.9 Å². The first-order valence-corrected chi connectivity index (χ1v) is 8.70. The summed E-state index contributed by atoms with van der Waals surface area (Å²) in [6.45, 7) is 7.60. The van der Waals surface area contributed by atoms with Crippen LogP contribution in [0, 0.1) is 18.8 Å². The standard InChI is InChI=1S/C19H24N2O3/c1-12-5-3-4-6-15(12)17-16-10-20-9-14(16)11-21(17)19(22)18-13(2)23-7-8-24-18/h3-6,14,16-17,20H,7-11H2,1-2H3/t14-,16-,17+/m0/s1. The maximum Gasteiger partial charge on any atom is 0.293 e. The zero-order chi connectivity index (χ0) is 16.7. The number of likely N-dealkylation sites (tertiary alicyclic amines) is 1. The normalized spacial score (nSPS) is 29.2. The second-order valence-corrected chi connectivity index (χ2v) is 6.92. The molecule has 4 rings (SSSR count). The molecule has 0 aliphatic carbocycles. The number of benzene rings is 1. The number of carbonyl (C=O) groups excluding carboxylic acids is 1. The van der Waals surface area contributed by atoms with Crippen molar-refractivity contribution in [2.45, 2.75) is 19.9 Å². The van der Waals surface area contributed by atoms with E-state index in [1.165, 1.54) is 11.1 Å². The van der Waals surface area contributed by atoms with E-state index in [-0.39, 0.29) is 11.9 Å². The van der Waals surface area contributed by atoms with Gasteiger partial charge in [-0.2, -0.15) is 0 Å². The van der Waals surface area contributed by atoms with Crippen LogP contribution in [0.1, 0.15) is 24.1 Å². The molecule has 3 aliphatic heterocycles. The predicted molar refractivity (Wildman–Crippen MR) is 90.1 cm³/mol. The summed E-state index contributed by atoms with van der Waals surface area (Å²) >= 11 is 0. The lowest BCUT2D eigenvalue weighted by molar-refractivity contribution is -0.134. The summed E-state index contributed by atoms with van der Waals surface area (Å²) in [6, 6.07) is 8.49. The molecule has 0 spiro atoms. The average Bonchev–Trinajstić information content (AvgIpc) is 3.16. The van der Waals surface area contributed by atoms with E-state index in [1.54, 1.807) is 0 Å². The van der Waals surface area contributed by atoms with Crippen LogP contribution < -0.4 is 5.32 Å². The summed E-state index contributed by atoms with van der Waals surface area (Å²) in [6.07, 6.45) is 0. The molecule has 3 heterocycles. The zero-order valence-electron chi connectivity index (χ0n) is 14.2. The summed E-state index contributed by atoms with van der Waals surface area (Å²) in [7, 11) is 0. The number of ether oxygens (including phenoxy) is 2. The Morgan fingerprint density at radius 3 is 2.75 bits per heavy atom. The molecule has 0 unspecified atom stereocenters. The van der Waals surface area contributed by atoms with Gasteiger partial charge in [0.15, 0.2) is 0 Å². The fourth-order valence-electron chi connectivity index (χ4n) is 4.29. The van der Waals surface area contributed by atoms with Crippen molar-refractivity contribution in [3.8, 4) is 0 Å². The van der Waals surface area contributed by atoms with Crippen molar-refractivity contribution in [1.29, 1.82) is 0 Å². The van der Waals surface area contributed by atoms with Gasteiger partial charge in [0.1, 0.15) is 19.0 Å². The van der Waals surface area contributed by atoms with Crippen LogP contribution >= 0.6 is 0 Å². The minimum Gasteiger partial charge on any atom is -0.491 e. The Kier molecular flexibility index (Phi) is 3.96. The van der Waals surface area contributed by atoms with Crippen molar-refractivity contribution in [2.24, 2.45) is 11.8 Å². The number of amides is 1. The van der Waals surface area contributed by atoms with Gasteiger partial charge < -0.3 is 19.7 Å². The molecule has 2 fully saturated rings. The predicted octanol–water partition coefficient (Wildman–Crippen LogP) is 1.99. The van der Waals surface area contributed by atoms with E-state index in [9.17, 15) is 4.79 Å². The Hall–Kier alpha value is -2.01. The minimum absolute atomic E-state index is 0.0325. The van der Waals surface area contributed by atoms with Gasteiger partial charge in [-0.3, -0.25) is 4.79 Å². The van der Waals surface area contributed by atoms with Crippen molar-refractivity contribution >= 4 is 5.91 Å². The summed E-state index contributed by atoms with van der Waals surface area (Å²) in [5.41, 5.74) is 2.48. The molecule has 5 heteroatoms. The van der Waals surface area contributed by atoms with E-state index in [2.05, 4.69) is 36.5 Å². The van der Waals surface area contributed by atoms with Crippen molar-refractivity contribution in [2.75, 3.05) is 32.8 Å². The van der Waals surface area contributed by atoms with Crippen LogP contribution in [0.3, 0.4) is 0 Å². The molecule has 5 nitrogen and oxygen atoms in total. The number of nitrogens with zero attached hydrogens (tertiary/aromatic N) is 1. The van der Waals surface area contributed by atoms with Crippen LogP contribution in [0.5, 0.6) is 0 Å². The number of hydrogen-bond donors (Lipinski definition) is 1. The molecule has 0 aromatic heterocycles. The van der Waals surface area contributed by atoms with E-state index in [0.29, 0.717) is 36.6 Å². The van der Waals surface area contributed by atoms with Gasteiger partial charge in [-0.25, -0.2) is 0 Å². The van der Waals surface area contributed by atoms with Gasteiger partial charge in [-0.1, -0.05) is 24.3 Å². The van der Waals surface area contributed by atoms with Crippen LogP contribution in [0.4, 0.5) is 0 Å². The lowest BCUT2D eigenvalue weighted by atomic mass is 9.87. The monoisotopic (exact) mass is 328 g/mol. The third-order valence-corrected chi connectivity index (χ3v) is 5.49. The number of hydrogen-bond acceptors (Lipinski definition) is 4. The van der Waals surface area contributed by atoms with Crippen molar-refractivity contribution < 1.29 is 14.3 Å². The van der Waals surface area contributed by atoms with E-state index in [1.807, 2.05) is 11.8 Å². The Bertz CT molecular complexity index is 685. The molecule has 2 saturated heterocycles. The number of carbonyl (C=O) groups is 1. The van der Waals surface area contributed by atoms with Crippen LogP contribution in [-0.2, 0) is 14.3 Å². The quantitative estimate of drug-likeness (QED) is 0.902. The third kappa shape index (κ3) is 2.47. The highest BCUT2D eigenvalue weighted by molar-refractivity contribution is 5.92. The molecular formula is C19H24N2O3. The van der Waals surface area contributed by atoms with Gasteiger partial charge in [0.05, 0.1) is 6.04 Å². The van der Waals surface area contributed by atoms with Crippen LogP contribution in [0.15, 0.2) is 35.8 Å². The molecule has 24 heavy (non-hydrogen) atoms. The van der Waals surface area contributed by atoms with E-state index < -0.39 is 0 Å². The van der Waals surface area contributed by atoms with Crippen molar-refractivity contribution in [1.82, 2.24) is 10.2 Å². The van der Waals surface area contributed by atoms with Gasteiger partial charge in [0, 0.05) is 25.6 Å². The molecule has 0 radical (unpaired) electrons. The highest BCUT2D eigenvalue weighted by Crippen LogP contribution is 2.44. The van der Waals surface area contributed by atoms with E-state index in [4.69, 9.17) is 9.47 Å². The smallest absolute Gasteiger partial charge is 0.293 e. The lowest BCUT2D eigenvalue weighted by Gasteiger charge is -2.31. The van der Waals surface area contributed by atoms with E-state index in [0.717, 1.165) is 19.6 Å². The molecule has 1 aromatic carbocycles. The Labute approximate surface area is 142 Å². The number of nitrogens with one attached hydrogen (secondary N) is 1. The summed E-state index contributed by atoms with van der Waals surface area (Å²) in [4.78, 5) is 15.2. The molecule has 128 valence electrons. The Balaban J connectivity index is 1.71. The SMILES string of the molecule is CC1=C(C(=O)N2C[C@@H]3CNC[C@@H]3[C@H]2c2ccccc2C)OCCO1. The van der Waals surface area contributed by atoms with Crippen LogP contribution in [-0.4, -0.2) is 43.7 Å². The van der Waals surface area contributed by atoms with Gasteiger partial charge in [-0.15, -0.1) is 0 Å². The van der Waals surface area contributed by atoms with Gasteiger partial charge >= 0.3 is 0 Å². The Morgan fingerprint density at radius 1 is 1.17 bits per heavy atom. The van der Waals surface area contributed by atoms with Crippen LogP contribution in [0.25, 0.3) is 0 Å². The molecule has 3 aliphatic rings. The lowest BCUT2D eigenvalue weighted by Crippen LogP contribution is -2.37. The van der Waals surface area contributed by atoms with Gasteiger partial charge in [0.2, 0.25) is 5.76 Å². The highest BCUT2D eigenvalue weighted by Gasteiger charge is 2.48. The minimum atomic E-state index is -0.0325. The molecular weight excluding hydrogens is 304 g/mol. The maximum absolute atomic E-state index is 13.2. The number of allylic oxidation sites excluding steroid dienone is 1. The topological polar surface area (TPSA) is 50.8 Å². The zero-order valence-corrected chi connectivity index (χ0v) is 14.2. The molecule has 1 N–H and O–H groups in total. The first-order valence-electron chi connectivity index (χ1n) is 8.70. The molecule has 1 aromatic rings. The largest absolute Gasteiger partial charge is 0.491 e. The van der Waals surface area contributed by atoms with Crippen molar-refractivity contribution in [3.05, 3.63) is 46.9 Å². The molecule has 0 saturated carbocycles. The number of rotatable bonds is 2. The first kappa shape index (κ1) is 15.5. The third-order valence-electron chi connectivity index (χ3n) is 5.49. The average molecular weight is 328 g/mol. The maximum atomic E-state index is 13.2. The van der Waals surface area contributed by atoms with Crippen molar-refractivity contribution in [3.63, 3.8) is 0 Å². The second-order valence-electron chi connectivity index (χ2n) is 6.92. The first-order chi connectivity index (χ1) is 11.7. The molecule has 0 bridgehead atoms. The molecule has 3 atom stereocenters. The van der Waals surface area contributed by atoms with Gasteiger partial charge in [0.25, 0.3) is 5.91 Å². The fraction of sp³-hybridized carbons (Fsp3) is 0.526. The number of fused-ring (bicyclic) bond motifs is 1. The van der Waals surface area contributed by atoms with E-state index >= 15 is 0 Å². The fourth-order valence-corrected chi connectivity index (χ4v) is 4.29. The molecule has 1 amide bonds. The van der Waals surface area contributed by atoms with Crippen LogP contribution in [0.2, 0.25) is 0 Å². The second kappa shape index (κ2) is 6.13. The summed E-state index contributed by atoms with van der Waals surface area (Å²) in [5.74, 6) is 1.91. The summed E-state index contributed by atoms with van der Waals surface area (Å²) < 4.78 is 11.2. The number of aryl methyl sites for hydroxylation is 1. The summed E-state index contributed by atoms with van der Waals surface area (Å²) in [5, 5.41) is 3.49.